The Balaban J connectivity index is 1.24. The smallest absolute Gasteiger partial charge is 0.265 e. The molecular weight excluding hydrogens is 416 g/mol. The number of aromatic nitrogens is 2. The minimum Gasteiger partial charge on any atom is -0.482 e. The zero-order valence-corrected chi connectivity index (χ0v) is 18.3. The average Bonchev–Trinajstić information content (AvgIpc) is 3.15. The normalized spacial score (nSPS) is 13.0. The maximum absolute atomic E-state index is 12.7. The van der Waals surface area contributed by atoms with Crippen molar-refractivity contribution in [3.05, 3.63) is 84.2 Å². The summed E-state index contributed by atoms with van der Waals surface area (Å²) in [6.45, 7) is -0.134. The Morgan fingerprint density at radius 1 is 1.03 bits per heavy atom. The van der Waals surface area contributed by atoms with Crippen LogP contribution in [0.3, 0.4) is 0 Å². The highest BCUT2D eigenvalue weighted by molar-refractivity contribution is 6.04. The van der Waals surface area contributed by atoms with Gasteiger partial charge in [-0.05, 0) is 48.4 Å². The predicted molar refractivity (Wildman–Crippen MR) is 127 cm³/mol. The maximum atomic E-state index is 12.7. The highest BCUT2D eigenvalue weighted by Crippen LogP contribution is 2.31. The molecule has 0 bridgehead atoms. The number of para-hydroxylation sites is 4. The van der Waals surface area contributed by atoms with Crippen LogP contribution in [0.1, 0.15) is 11.4 Å². The minimum atomic E-state index is -0.257. The number of amides is 2. The lowest BCUT2D eigenvalue weighted by Crippen LogP contribution is -2.43. The van der Waals surface area contributed by atoms with Gasteiger partial charge in [0.1, 0.15) is 18.1 Å². The number of hydrogen-bond acceptors (Lipinski definition) is 4. The van der Waals surface area contributed by atoms with E-state index in [0.29, 0.717) is 17.1 Å². The standard InChI is InChI=1S/C26H24N4O3/c1-29-21-10-3-2-9-20(21)28-24(29)14-13-18-7-6-8-19(15-18)27-25(31)16-30-22-11-4-5-12-23(22)33-17-26(30)32/h2-12,15H,13-14,16-17H2,1H3,(H,27,31). The van der Waals surface area contributed by atoms with Gasteiger partial charge < -0.3 is 14.6 Å². The third-order valence-electron chi connectivity index (χ3n) is 5.84. The molecule has 0 spiro atoms. The molecular formula is C26H24N4O3. The summed E-state index contributed by atoms with van der Waals surface area (Å²) in [5.41, 5.74) is 4.53. The van der Waals surface area contributed by atoms with Gasteiger partial charge in [0.2, 0.25) is 5.91 Å². The third-order valence-corrected chi connectivity index (χ3v) is 5.84. The van der Waals surface area contributed by atoms with Crippen molar-refractivity contribution in [3.63, 3.8) is 0 Å². The quantitative estimate of drug-likeness (QED) is 0.496. The second-order valence-corrected chi connectivity index (χ2v) is 8.06. The molecule has 2 amide bonds. The van der Waals surface area contributed by atoms with Gasteiger partial charge in [-0.15, -0.1) is 0 Å². The predicted octanol–water partition coefficient (Wildman–Crippen LogP) is 3.72. The van der Waals surface area contributed by atoms with Gasteiger partial charge in [0.15, 0.2) is 6.61 Å². The molecule has 0 saturated heterocycles. The van der Waals surface area contributed by atoms with Gasteiger partial charge in [-0.25, -0.2) is 4.98 Å². The number of ether oxygens (including phenoxy) is 1. The van der Waals surface area contributed by atoms with E-state index in [4.69, 9.17) is 9.72 Å². The largest absolute Gasteiger partial charge is 0.482 e. The number of aryl methyl sites for hydroxylation is 3. The number of carbonyl (C=O) groups excluding carboxylic acids is 2. The molecule has 0 fully saturated rings. The summed E-state index contributed by atoms with van der Waals surface area (Å²) in [5.74, 6) is 1.14. The van der Waals surface area contributed by atoms with Gasteiger partial charge in [0.25, 0.3) is 5.91 Å². The topological polar surface area (TPSA) is 76.5 Å². The Bertz CT molecular complexity index is 1340. The van der Waals surface area contributed by atoms with Crippen LogP contribution >= 0.6 is 0 Å². The minimum absolute atomic E-state index is 0.0662. The number of anilines is 2. The van der Waals surface area contributed by atoms with E-state index in [0.717, 1.165) is 35.3 Å². The number of fused-ring (bicyclic) bond motifs is 2. The number of imidazole rings is 1. The fraction of sp³-hybridized carbons (Fsp3) is 0.192. The number of nitrogens with zero attached hydrogens (tertiary/aromatic N) is 3. The lowest BCUT2D eigenvalue weighted by molar-refractivity contribution is -0.123. The van der Waals surface area contributed by atoms with E-state index < -0.39 is 0 Å². The molecule has 1 aliphatic rings. The molecule has 0 saturated carbocycles. The van der Waals surface area contributed by atoms with Gasteiger partial charge in [0, 0.05) is 19.2 Å². The van der Waals surface area contributed by atoms with Crippen LogP contribution in [0.15, 0.2) is 72.8 Å². The number of rotatable bonds is 6. The van der Waals surface area contributed by atoms with Crippen LogP contribution in [-0.4, -0.2) is 34.5 Å². The Hall–Kier alpha value is -4.13. The van der Waals surface area contributed by atoms with Crippen molar-refractivity contribution in [1.29, 1.82) is 0 Å². The zero-order valence-electron chi connectivity index (χ0n) is 18.3. The van der Waals surface area contributed by atoms with Crippen LogP contribution < -0.4 is 15.0 Å². The fourth-order valence-corrected chi connectivity index (χ4v) is 4.15. The summed E-state index contributed by atoms with van der Waals surface area (Å²) < 4.78 is 7.57. The first-order valence-corrected chi connectivity index (χ1v) is 10.9. The summed E-state index contributed by atoms with van der Waals surface area (Å²) in [4.78, 5) is 31.2. The van der Waals surface area contributed by atoms with Crippen LogP contribution in [0.5, 0.6) is 5.75 Å². The highest BCUT2D eigenvalue weighted by Gasteiger charge is 2.26. The molecule has 5 rings (SSSR count). The van der Waals surface area contributed by atoms with E-state index in [9.17, 15) is 9.59 Å². The molecule has 1 aliphatic heterocycles. The van der Waals surface area contributed by atoms with Crippen LogP contribution in [0, 0.1) is 0 Å². The van der Waals surface area contributed by atoms with E-state index in [1.54, 1.807) is 12.1 Å². The zero-order chi connectivity index (χ0) is 22.8. The second kappa shape index (κ2) is 8.78. The molecule has 2 heterocycles. The maximum Gasteiger partial charge on any atom is 0.265 e. The lowest BCUT2D eigenvalue weighted by atomic mass is 10.1. The highest BCUT2D eigenvalue weighted by atomic mass is 16.5. The Morgan fingerprint density at radius 3 is 2.73 bits per heavy atom. The van der Waals surface area contributed by atoms with Crippen molar-refractivity contribution in [1.82, 2.24) is 9.55 Å². The first-order valence-electron chi connectivity index (χ1n) is 10.9. The molecule has 4 aromatic rings. The number of carbonyl (C=O) groups is 2. The van der Waals surface area contributed by atoms with Crippen molar-refractivity contribution in [3.8, 4) is 5.75 Å². The molecule has 0 atom stereocenters. The summed E-state index contributed by atoms with van der Waals surface area (Å²) in [6, 6.07) is 23.1. The van der Waals surface area contributed by atoms with E-state index in [1.165, 1.54) is 4.90 Å². The molecule has 7 nitrogen and oxygen atoms in total. The average molecular weight is 441 g/mol. The van der Waals surface area contributed by atoms with Gasteiger partial charge in [0.05, 0.1) is 16.7 Å². The molecule has 1 aromatic heterocycles. The van der Waals surface area contributed by atoms with Crippen LogP contribution in [0.25, 0.3) is 11.0 Å². The van der Waals surface area contributed by atoms with E-state index in [2.05, 4.69) is 16.0 Å². The Kier molecular flexibility index (Phi) is 5.52. The molecule has 3 aromatic carbocycles. The molecule has 1 N–H and O–H groups in total. The van der Waals surface area contributed by atoms with Crippen molar-refractivity contribution >= 4 is 34.2 Å². The Labute approximate surface area is 191 Å². The Morgan fingerprint density at radius 2 is 1.85 bits per heavy atom. The summed E-state index contributed by atoms with van der Waals surface area (Å²) >= 11 is 0. The van der Waals surface area contributed by atoms with Crippen LogP contribution in [-0.2, 0) is 29.5 Å². The number of nitrogens with one attached hydrogen (secondary N) is 1. The molecule has 0 aliphatic carbocycles. The van der Waals surface area contributed by atoms with E-state index >= 15 is 0 Å². The summed E-state index contributed by atoms with van der Waals surface area (Å²) in [5, 5.41) is 2.92. The van der Waals surface area contributed by atoms with Gasteiger partial charge in [-0.1, -0.05) is 36.4 Å². The number of hydrogen-bond donors (Lipinski definition) is 1. The second-order valence-electron chi connectivity index (χ2n) is 8.06. The molecule has 0 radical (unpaired) electrons. The van der Waals surface area contributed by atoms with Gasteiger partial charge in [-0.2, -0.15) is 0 Å². The summed E-state index contributed by atoms with van der Waals surface area (Å²) in [6.07, 6.45) is 1.60. The van der Waals surface area contributed by atoms with Crippen LogP contribution in [0.2, 0.25) is 0 Å². The first kappa shape index (κ1) is 20.8. The van der Waals surface area contributed by atoms with Crippen molar-refractivity contribution in [2.75, 3.05) is 23.4 Å². The molecule has 7 heteroatoms. The monoisotopic (exact) mass is 440 g/mol. The van der Waals surface area contributed by atoms with Gasteiger partial charge in [-0.3, -0.25) is 14.5 Å². The van der Waals surface area contributed by atoms with Crippen molar-refractivity contribution in [2.24, 2.45) is 7.05 Å². The summed E-state index contributed by atoms with van der Waals surface area (Å²) in [7, 11) is 2.03. The molecule has 33 heavy (non-hydrogen) atoms. The lowest BCUT2D eigenvalue weighted by Gasteiger charge is -2.28. The van der Waals surface area contributed by atoms with Crippen molar-refractivity contribution in [2.45, 2.75) is 12.8 Å². The third kappa shape index (κ3) is 4.30. The van der Waals surface area contributed by atoms with Crippen molar-refractivity contribution < 1.29 is 14.3 Å². The first-order chi connectivity index (χ1) is 16.1. The number of benzene rings is 3. The van der Waals surface area contributed by atoms with E-state index in [1.807, 2.05) is 61.6 Å². The fourth-order valence-electron chi connectivity index (χ4n) is 4.15. The molecule has 166 valence electrons. The SMILES string of the molecule is Cn1c(CCc2cccc(NC(=O)CN3C(=O)COc4ccccc43)c2)nc2ccccc21. The molecule has 0 unspecified atom stereocenters. The van der Waals surface area contributed by atoms with Crippen LogP contribution in [0.4, 0.5) is 11.4 Å². The van der Waals surface area contributed by atoms with Gasteiger partial charge >= 0.3 is 0 Å². The van der Waals surface area contributed by atoms with E-state index in [-0.39, 0.29) is 25.0 Å².